The molecule has 0 aliphatic heterocycles. The molecule has 2 aromatic carbocycles. The third kappa shape index (κ3) is 2.02. The van der Waals surface area contributed by atoms with Gasteiger partial charge in [-0.05, 0) is 35.9 Å². The minimum Gasteiger partial charge on any atom is -0.399 e. The third-order valence-electron chi connectivity index (χ3n) is 3.09. The number of hydrogen-bond acceptors (Lipinski definition) is 1. The van der Waals surface area contributed by atoms with E-state index in [1.807, 2.05) is 12.1 Å². The van der Waals surface area contributed by atoms with Gasteiger partial charge in [-0.2, -0.15) is 0 Å². The van der Waals surface area contributed by atoms with Crippen LogP contribution in [0.1, 0.15) is 5.56 Å². The van der Waals surface area contributed by atoms with E-state index >= 15 is 0 Å². The maximum Gasteiger partial charge on any atom is 0.0494 e. The van der Waals surface area contributed by atoms with Crippen LogP contribution in [0.2, 0.25) is 0 Å². The van der Waals surface area contributed by atoms with Gasteiger partial charge in [-0.3, -0.25) is 0 Å². The van der Waals surface area contributed by atoms with Gasteiger partial charge in [0, 0.05) is 33.8 Å². The number of nitrogens with zero attached hydrogens (tertiary/aromatic N) is 1. The molecule has 0 unspecified atom stereocenters. The largest absolute Gasteiger partial charge is 0.399 e. The Morgan fingerprint density at radius 2 is 1.78 bits per heavy atom. The summed E-state index contributed by atoms with van der Waals surface area (Å²) in [6.45, 7) is 0.861. The van der Waals surface area contributed by atoms with Crippen LogP contribution < -0.4 is 5.73 Å². The van der Waals surface area contributed by atoms with Gasteiger partial charge < -0.3 is 10.3 Å². The molecule has 3 rings (SSSR count). The SMILES string of the molecule is Nc1ccc(Cn2ccc3c(Br)cccc32)cc1. The molecule has 0 atom stereocenters. The summed E-state index contributed by atoms with van der Waals surface area (Å²) in [6, 6.07) is 16.4. The molecule has 0 spiro atoms. The first kappa shape index (κ1) is 11.4. The number of fused-ring (bicyclic) bond motifs is 1. The van der Waals surface area contributed by atoms with E-state index in [9.17, 15) is 0 Å². The number of halogens is 1. The lowest BCUT2D eigenvalue weighted by atomic mass is 10.2. The summed E-state index contributed by atoms with van der Waals surface area (Å²) in [5, 5.41) is 1.24. The molecule has 0 aliphatic rings. The maximum absolute atomic E-state index is 5.70. The van der Waals surface area contributed by atoms with E-state index in [2.05, 4.69) is 63.1 Å². The molecule has 2 nitrogen and oxygen atoms in total. The maximum atomic E-state index is 5.70. The molecule has 1 heterocycles. The van der Waals surface area contributed by atoms with E-state index in [1.54, 1.807) is 0 Å². The van der Waals surface area contributed by atoms with Crippen molar-refractivity contribution in [2.24, 2.45) is 0 Å². The Balaban J connectivity index is 2.00. The van der Waals surface area contributed by atoms with Crippen LogP contribution in [0.15, 0.2) is 59.2 Å². The number of rotatable bonds is 2. The summed E-state index contributed by atoms with van der Waals surface area (Å²) in [7, 11) is 0. The fourth-order valence-corrected chi connectivity index (χ4v) is 2.63. The Bertz CT molecular complexity index is 683. The van der Waals surface area contributed by atoms with Crippen molar-refractivity contribution in [1.82, 2.24) is 4.57 Å². The zero-order chi connectivity index (χ0) is 12.5. The van der Waals surface area contributed by atoms with Gasteiger partial charge in [-0.15, -0.1) is 0 Å². The summed E-state index contributed by atoms with van der Waals surface area (Å²) < 4.78 is 3.38. The molecule has 3 aromatic rings. The fraction of sp³-hybridized carbons (Fsp3) is 0.0667. The van der Waals surface area contributed by atoms with Gasteiger partial charge in [0.05, 0.1) is 0 Å². The first-order valence-electron chi connectivity index (χ1n) is 5.82. The minimum atomic E-state index is 0.804. The normalized spacial score (nSPS) is 10.9. The van der Waals surface area contributed by atoms with Crippen LogP contribution in [0.5, 0.6) is 0 Å². The molecule has 0 bridgehead atoms. The van der Waals surface area contributed by atoms with E-state index in [-0.39, 0.29) is 0 Å². The summed E-state index contributed by atoms with van der Waals surface area (Å²) in [5.41, 5.74) is 8.99. The number of anilines is 1. The summed E-state index contributed by atoms with van der Waals surface area (Å²) in [6.07, 6.45) is 2.12. The van der Waals surface area contributed by atoms with Crippen molar-refractivity contribution in [2.75, 3.05) is 5.73 Å². The Morgan fingerprint density at radius 3 is 2.56 bits per heavy atom. The van der Waals surface area contributed by atoms with E-state index in [0.717, 1.165) is 16.7 Å². The van der Waals surface area contributed by atoms with Crippen LogP contribution in [-0.4, -0.2) is 4.57 Å². The molecule has 18 heavy (non-hydrogen) atoms. The molecule has 3 heteroatoms. The number of hydrogen-bond donors (Lipinski definition) is 1. The first-order valence-corrected chi connectivity index (χ1v) is 6.61. The molecular formula is C15H13BrN2. The lowest BCUT2D eigenvalue weighted by Crippen LogP contribution is -1.97. The quantitative estimate of drug-likeness (QED) is 0.712. The van der Waals surface area contributed by atoms with E-state index in [1.165, 1.54) is 16.5 Å². The summed E-state index contributed by atoms with van der Waals surface area (Å²) in [4.78, 5) is 0. The average molecular weight is 301 g/mol. The third-order valence-corrected chi connectivity index (χ3v) is 3.78. The Kier molecular flexibility index (Phi) is 2.84. The second-order valence-electron chi connectivity index (χ2n) is 4.36. The van der Waals surface area contributed by atoms with Gasteiger partial charge >= 0.3 is 0 Å². The van der Waals surface area contributed by atoms with Crippen molar-refractivity contribution in [3.05, 3.63) is 64.8 Å². The van der Waals surface area contributed by atoms with E-state index in [0.29, 0.717) is 0 Å². The summed E-state index contributed by atoms with van der Waals surface area (Å²) in [5.74, 6) is 0. The van der Waals surface area contributed by atoms with Gasteiger partial charge in [0.2, 0.25) is 0 Å². The highest BCUT2D eigenvalue weighted by molar-refractivity contribution is 9.10. The molecule has 0 radical (unpaired) electrons. The van der Waals surface area contributed by atoms with Crippen LogP contribution in [0.3, 0.4) is 0 Å². The van der Waals surface area contributed by atoms with E-state index < -0.39 is 0 Å². The van der Waals surface area contributed by atoms with Crippen LogP contribution >= 0.6 is 15.9 Å². The van der Waals surface area contributed by atoms with Crippen molar-refractivity contribution in [2.45, 2.75) is 6.54 Å². The van der Waals surface area contributed by atoms with Gasteiger partial charge in [-0.1, -0.05) is 34.1 Å². The number of nitrogens with two attached hydrogens (primary N) is 1. The molecular weight excluding hydrogens is 288 g/mol. The van der Waals surface area contributed by atoms with Crippen molar-refractivity contribution >= 4 is 32.5 Å². The van der Waals surface area contributed by atoms with E-state index in [4.69, 9.17) is 5.73 Å². The van der Waals surface area contributed by atoms with Crippen LogP contribution in [-0.2, 0) is 6.54 Å². The lowest BCUT2D eigenvalue weighted by Gasteiger charge is -2.06. The average Bonchev–Trinajstić information content (AvgIpc) is 2.77. The topological polar surface area (TPSA) is 30.9 Å². The molecule has 2 N–H and O–H groups in total. The monoisotopic (exact) mass is 300 g/mol. The zero-order valence-electron chi connectivity index (χ0n) is 9.81. The molecule has 0 saturated heterocycles. The zero-order valence-corrected chi connectivity index (χ0v) is 11.4. The number of benzene rings is 2. The molecule has 1 aromatic heterocycles. The Labute approximate surface area is 114 Å². The minimum absolute atomic E-state index is 0.804. The van der Waals surface area contributed by atoms with Crippen molar-refractivity contribution in [3.63, 3.8) is 0 Å². The Morgan fingerprint density at radius 1 is 1.00 bits per heavy atom. The Hall–Kier alpha value is -1.74. The number of aromatic nitrogens is 1. The van der Waals surface area contributed by atoms with Crippen molar-refractivity contribution in [1.29, 1.82) is 0 Å². The van der Waals surface area contributed by atoms with Gasteiger partial charge in [0.1, 0.15) is 0 Å². The highest BCUT2D eigenvalue weighted by Crippen LogP contribution is 2.25. The predicted molar refractivity (Wildman–Crippen MR) is 79.6 cm³/mol. The van der Waals surface area contributed by atoms with Gasteiger partial charge in [0.25, 0.3) is 0 Å². The number of nitrogen functional groups attached to an aromatic ring is 1. The van der Waals surface area contributed by atoms with Gasteiger partial charge in [-0.25, -0.2) is 0 Å². The molecule has 0 saturated carbocycles. The highest BCUT2D eigenvalue weighted by atomic mass is 79.9. The van der Waals surface area contributed by atoms with Crippen molar-refractivity contribution < 1.29 is 0 Å². The van der Waals surface area contributed by atoms with Crippen LogP contribution in [0.4, 0.5) is 5.69 Å². The first-order chi connectivity index (χ1) is 8.74. The highest BCUT2D eigenvalue weighted by Gasteiger charge is 2.04. The molecule has 90 valence electrons. The smallest absolute Gasteiger partial charge is 0.0494 e. The van der Waals surface area contributed by atoms with Gasteiger partial charge in [0.15, 0.2) is 0 Å². The van der Waals surface area contributed by atoms with Crippen molar-refractivity contribution in [3.8, 4) is 0 Å². The molecule has 0 fully saturated rings. The lowest BCUT2D eigenvalue weighted by molar-refractivity contribution is 0.837. The standard InChI is InChI=1S/C15H13BrN2/c16-14-2-1-3-15-13(14)8-9-18(15)10-11-4-6-12(17)7-5-11/h1-9H,10,17H2. The molecule has 0 amide bonds. The second-order valence-corrected chi connectivity index (χ2v) is 5.21. The second kappa shape index (κ2) is 4.50. The fourth-order valence-electron chi connectivity index (χ4n) is 2.14. The predicted octanol–water partition coefficient (Wildman–Crippen LogP) is 4.03. The van der Waals surface area contributed by atoms with Crippen LogP contribution in [0, 0.1) is 0 Å². The van der Waals surface area contributed by atoms with Crippen LogP contribution in [0.25, 0.3) is 10.9 Å². The summed E-state index contributed by atoms with van der Waals surface area (Å²) >= 11 is 3.58. The molecule has 0 aliphatic carbocycles.